The van der Waals surface area contributed by atoms with Gasteiger partial charge in [-0.25, -0.2) is 10.0 Å². The molecule has 0 saturated carbocycles. The molecular formula is C12H17NOS. The molecule has 0 aromatic rings. The van der Waals surface area contributed by atoms with Crippen LogP contribution in [0.2, 0.25) is 0 Å². The number of allylic oxidation sites excluding steroid dienone is 4. The Morgan fingerprint density at radius 3 is 2.40 bits per heavy atom. The summed E-state index contributed by atoms with van der Waals surface area (Å²) in [5.41, 5.74) is -0.0706. The SMILES string of the molecule is CS(C)(C)C1CC2(C=CC(=O)C=C2)C=N1. The van der Waals surface area contributed by atoms with E-state index in [0.29, 0.717) is 5.37 Å². The predicted octanol–water partition coefficient (Wildman–Crippen LogP) is 2.16. The van der Waals surface area contributed by atoms with Crippen molar-refractivity contribution in [1.82, 2.24) is 0 Å². The number of carbonyl (C=O) groups is 1. The molecule has 0 bridgehead atoms. The monoisotopic (exact) mass is 223 g/mol. The van der Waals surface area contributed by atoms with Crippen molar-refractivity contribution in [3.63, 3.8) is 0 Å². The maximum Gasteiger partial charge on any atom is 0.178 e. The molecule has 1 unspecified atom stereocenters. The van der Waals surface area contributed by atoms with Crippen LogP contribution in [0.5, 0.6) is 0 Å². The highest BCUT2D eigenvalue weighted by Gasteiger charge is 2.36. The normalized spacial score (nSPS) is 29.0. The summed E-state index contributed by atoms with van der Waals surface area (Å²) in [6.07, 6.45) is 17.2. The summed E-state index contributed by atoms with van der Waals surface area (Å²) in [6, 6.07) is 0. The molecule has 0 aromatic carbocycles. The van der Waals surface area contributed by atoms with Crippen LogP contribution in [-0.4, -0.2) is 36.1 Å². The fourth-order valence-corrected chi connectivity index (χ4v) is 3.08. The van der Waals surface area contributed by atoms with Crippen molar-refractivity contribution in [2.45, 2.75) is 11.8 Å². The Kier molecular flexibility index (Phi) is 2.38. The number of nitrogens with zero attached hydrogens (tertiary/aromatic N) is 1. The number of hydrogen-bond donors (Lipinski definition) is 0. The van der Waals surface area contributed by atoms with Gasteiger partial charge in [-0.3, -0.25) is 9.79 Å². The van der Waals surface area contributed by atoms with Crippen LogP contribution in [0.4, 0.5) is 0 Å². The standard InChI is InChI=1S/C12H17NOS/c1-15(2,3)11-8-12(9-13-11)6-4-10(14)5-7-12/h4-7,9,11H,8H2,1-3H3. The van der Waals surface area contributed by atoms with E-state index in [-0.39, 0.29) is 11.2 Å². The van der Waals surface area contributed by atoms with Gasteiger partial charge in [-0.15, -0.1) is 0 Å². The summed E-state index contributed by atoms with van der Waals surface area (Å²) in [5.74, 6) is 0.0839. The number of aliphatic imine (C=N–C) groups is 1. The molecule has 0 fully saturated rings. The van der Waals surface area contributed by atoms with Crippen LogP contribution in [-0.2, 0) is 4.79 Å². The van der Waals surface area contributed by atoms with Crippen molar-refractivity contribution >= 4 is 22.0 Å². The van der Waals surface area contributed by atoms with E-state index < -0.39 is 10.0 Å². The minimum Gasteiger partial charge on any atom is -0.290 e. The predicted molar refractivity (Wildman–Crippen MR) is 68.0 cm³/mol. The molecule has 82 valence electrons. The van der Waals surface area contributed by atoms with Crippen LogP contribution >= 0.6 is 10.0 Å². The van der Waals surface area contributed by atoms with Gasteiger partial charge in [0.15, 0.2) is 5.78 Å². The Balaban J connectivity index is 2.18. The number of rotatable bonds is 1. The molecule has 1 aliphatic heterocycles. The highest BCUT2D eigenvalue weighted by Crippen LogP contribution is 2.50. The highest BCUT2D eigenvalue weighted by atomic mass is 32.3. The van der Waals surface area contributed by atoms with Gasteiger partial charge in [0.2, 0.25) is 0 Å². The van der Waals surface area contributed by atoms with E-state index in [1.54, 1.807) is 12.2 Å². The summed E-state index contributed by atoms with van der Waals surface area (Å²) >= 11 is 0. The molecule has 0 amide bonds. The maximum absolute atomic E-state index is 11.1. The van der Waals surface area contributed by atoms with Crippen LogP contribution in [0, 0.1) is 5.41 Å². The first-order valence-corrected chi connectivity index (χ1v) is 7.97. The maximum atomic E-state index is 11.1. The molecular weight excluding hydrogens is 206 g/mol. The Hall–Kier alpha value is -0.830. The molecule has 3 heteroatoms. The second kappa shape index (κ2) is 3.34. The number of carbonyl (C=O) groups excluding carboxylic acids is 1. The molecule has 1 spiro atoms. The third kappa shape index (κ3) is 2.07. The fourth-order valence-electron chi connectivity index (χ4n) is 1.87. The lowest BCUT2D eigenvalue weighted by Gasteiger charge is -2.33. The molecule has 2 nitrogen and oxygen atoms in total. The van der Waals surface area contributed by atoms with E-state index in [9.17, 15) is 4.79 Å². The van der Waals surface area contributed by atoms with Gasteiger partial charge in [-0.1, -0.05) is 12.2 Å². The summed E-state index contributed by atoms with van der Waals surface area (Å²) in [5, 5.41) is 0.431. The van der Waals surface area contributed by atoms with E-state index in [4.69, 9.17) is 0 Å². The van der Waals surface area contributed by atoms with E-state index >= 15 is 0 Å². The first-order valence-electron chi connectivity index (χ1n) is 5.05. The molecule has 1 atom stereocenters. The second-order valence-electron chi connectivity index (χ2n) is 5.05. The first kappa shape index (κ1) is 10.7. The average molecular weight is 223 g/mol. The number of hydrogen-bond acceptors (Lipinski definition) is 2. The van der Waals surface area contributed by atoms with Gasteiger partial charge in [-0.05, 0) is 37.3 Å². The third-order valence-corrected chi connectivity index (χ3v) is 4.86. The van der Waals surface area contributed by atoms with Crippen LogP contribution in [0.1, 0.15) is 6.42 Å². The lowest BCUT2D eigenvalue weighted by atomic mass is 9.84. The van der Waals surface area contributed by atoms with Gasteiger partial charge < -0.3 is 0 Å². The van der Waals surface area contributed by atoms with Crippen LogP contribution < -0.4 is 0 Å². The van der Waals surface area contributed by atoms with Crippen LogP contribution in [0.25, 0.3) is 0 Å². The Labute approximate surface area is 92.5 Å². The van der Waals surface area contributed by atoms with Gasteiger partial charge in [0, 0.05) is 11.6 Å². The van der Waals surface area contributed by atoms with Crippen LogP contribution in [0.3, 0.4) is 0 Å². The molecule has 0 N–H and O–H groups in total. The molecule has 2 aliphatic rings. The lowest BCUT2D eigenvalue weighted by Crippen LogP contribution is -2.21. The largest absolute Gasteiger partial charge is 0.290 e. The molecule has 0 aromatic heterocycles. The van der Waals surface area contributed by atoms with E-state index in [1.165, 1.54) is 0 Å². The van der Waals surface area contributed by atoms with E-state index in [1.807, 2.05) is 18.4 Å². The molecule has 1 heterocycles. The minimum atomic E-state index is -0.642. The number of ketones is 1. The van der Waals surface area contributed by atoms with E-state index in [0.717, 1.165) is 6.42 Å². The lowest BCUT2D eigenvalue weighted by molar-refractivity contribution is -0.110. The summed E-state index contributed by atoms with van der Waals surface area (Å²) in [6.45, 7) is 0. The summed E-state index contributed by atoms with van der Waals surface area (Å²) < 4.78 is 0. The highest BCUT2D eigenvalue weighted by molar-refractivity contribution is 8.32. The Bertz CT molecular complexity index is 358. The van der Waals surface area contributed by atoms with Gasteiger partial charge in [0.25, 0.3) is 0 Å². The zero-order chi connectivity index (χ0) is 11.1. The molecule has 15 heavy (non-hydrogen) atoms. The molecule has 0 saturated heterocycles. The van der Waals surface area contributed by atoms with E-state index in [2.05, 4.69) is 23.8 Å². The fraction of sp³-hybridized carbons (Fsp3) is 0.500. The summed E-state index contributed by atoms with van der Waals surface area (Å²) in [7, 11) is -0.642. The van der Waals surface area contributed by atoms with Gasteiger partial charge in [0.1, 0.15) is 0 Å². The van der Waals surface area contributed by atoms with Crippen molar-refractivity contribution in [3.05, 3.63) is 24.3 Å². The minimum absolute atomic E-state index is 0.0706. The summed E-state index contributed by atoms with van der Waals surface area (Å²) in [4.78, 5) is 15.7. The molecule has 2 rings (SSSR count). The smallest absolute Gasteiger partial charge is 0.178 e. The molecule has 1 aliphatic carbocycles. The van der Waals surface area contributed by atoms with Crippen LogP contribution in [0.15, 0.2) is 29.3 Å². The van der Waals surface area contributed by atoms with Gasteiger partial charge in [0.05, 0.1) is 5.37 Å². The Morgan fingerprint density at radius 1 is 1.33 bits per heavy atom. The van der Waals surface area contributed by atoms with Crippen molar-refractivity contribution in [3.8, 4) is 0 Å². The second-order valence-corrected chi connectivity index (χ2v) is 9.46. The topological polar surface area (TPSA) is 29.4 Å². The zero-order valence-corrected chi connectivity index (χ0v) is 10.3. The third-order valence-electron chi connectivity index (χ3n) is 2.94. The Morgan fingerprint density at radius 2 is 1.93 bits per heavy atom. The van der Waals surface area contributed by atoms with Crippen molar-refractivity contribution < 1.29 is 4.79 Å². The van der Waals surface area contributed by atoms with Gasteiger partial charge >= 0.3 is 0 Å². The van der Waals surface area contributed by atoms with Gasteiger partial charge in [-0.2, -0.15) is 0 Å². The zero-order valence-electron chi connectivity index (χ0n) is 9.43. The molecule has 0 radical (unpaired) electrons. The van der Waals surface area contributed by atoms with Crippen molar-refractivity contribution in [1.29, 1.82) is 0 Å². The average Bonchev–Trinajstić information content (AvgIpc) is 2.55. The quantitative estimate of drug-likeness (QED) is 0.670. The first-order chi connectivity index (χ1) is 6.91. The van der Waals surface area contributed by atoms with Crippen molar-refractivity contribution in [2.75, 3.05) is 18.8 Å². The van der Waals surface area contributed by atoms with Crippen molar-refractivity contribution in [2.24, 2.45) is 10.4 Å².